The van der Waals surface area contributed by atoms with Crippen LogP contribution in [0.4, 0.5) is 14.5 Å². The molecular formula is C15H12BrF2NO2. The van der Waals surface area contributed by atoms with Gasteiger partial charge < -0.3 is 10.1 Å². The maximum Gasteiger partial charge on any atom is 0.338 e. The first-order valence-corrected chi connectivity index (χ1v) is 6.87. The van der Waals surface area contributed by atoms with Crippen molar-refractivity contribution in [3.63, 3.8) is 0 Å². The molecule has 0 saturated carbocycles. The number of carbonyl (C=O) groups is 1. The zero-order chi connectivity index (χ0) is 15.4. The highest BCUT2D eigenvalue weighted by Gasteiger charge is 2.13. The molecule has 0 spiro atoms. The molecule has 0 saturated heterocycles. The van der Waals surface area contributed by atoms with Gasteiger partial charge in [-0.1, -0.05) is 18.2 Å². The Labute approximate surface area is 129 Å². The van der Waals surface area contributed by atoms with Crippen LogP contribution in [-0.4, -0.2) is 13.1 Å². The number of benzene rings is 2. The molecule has 3 nitrogen and oxygen atoms in total. The topological polar surface area (TPSA) is 38.3 Å². The molecule has 0 unspecified atom stereocenters. The third kappa shape index (κ3) is 3.58. The van der Waals surface area contributed by atoms with Crippen molar-refractivity contribution in [1.29, 1.82) is 0 Å². The van der Waals surface area contributed by atoms with E-state index in [1.807, 2.05) is 0 Å². The first-order valence-electron chi connectivity index (χ1n) is 6.07. The molecule has 1 N–H and O–H groups in total. The molecule has 0 aliphatic carbocycles. The Bertz CT molecular complexity index is 653. The molecule has 0 atom stereocenters. The van der Waals surface area contributed by atoms with Crippen molar-refractivity contribution < 1.29 is 18.3 Å². The summed E-state index contributed by atoms with van der Waals surface area (Å²) in [6, 6.07) is 8.79. The molecule has 0 aliphatic rings. The Kier molecular flexibility index (Phi) is 4.90. The van der Waals surface area contributed by atoms with Gasteiger partial charge in [-0.05, 0) is 33.6 Å². The second-order valence-corrected chi connectivity index (χ2v) is 5.10. The summed E-state index contributed by atoms with van der Waals surface area (Å²) in [5, 5.41) is 2.85. The Morgan fingerprint density at radius 3 is 2.67 bits per heavy atom. The first-order chi connectivity index (χ1) is 10.0. The van der Waals surface area contributed by atoms with Crippen molar-refractivity contribution in [3.8, 4) is 0 Å². The fourth-order valence-electron chi connectivity index (χ4n) is 1.88. The van der Waals surface area contributed by atoms with Crippen LogP contribution < -0.4 is 5.32 Å². The fraction of sp³-hybridized carbons (Fsp3) is 0.133. The van der Waals surface area contributed by atoms with Crippen molar-refractivity contribution in [2.75, 3.05) is 12.4 Å². The molecule has 0 radical (unpaired) electrons. The van der Waals surface area contributed by atoms with Gasteiger partial charge in [-0.25, -0.2) is 13.6 Å². The summed E-state index contributed by atoms with van der Waals surface area (Å²) >= 11 is 3.10. The molecule has 110 valence electrons. The number of rotatable bonds is 4. The van der Waals surface area contributed by atoms with Gasteiger partial charge in [-0.3, -0.25) is 0 Å². The zero-order valence-corrected chi connectivity index (χ0v) is 12.7. The minimum Gasteiger partial charge on any atom is -0.465 e. The Balaban J connectivity index is 2.23. The quantitative estimate of drug-likeness (QED) is 0.838. The molecule has 2 rings (SSSR count). The van der Waals surface area contributed by atoms with Gasteiger partial charge in [0.05, 0.1) is 18.4 Å². The second kappa shape index (κ2) is 6.67. The third-order valence-corrected chi connectivity index (χ3v) is 3.51. The number of anilines is 1. The SMILES string of the molecule is COC(=O)c1ccccc1CNc1c(F)cc(F)cc1Br. The Morgan fingerprint density at radius 1 is 1.29 bits per heavy atom. The fourth-order valence-corrected chi connectivity index (χ4v) is 2.43. The van der Waals surface area contributed by atoms with E-state index in [9.17, 15) is 13.6 Å². The van der Waals surface area contributed by atoms with Crippen molar-refractivity contribution in [2.24, 2.45) is 0 Å². The van der Waals surface area contributed by atoms with Crippen LogP contribution in [-0.2, 0) is 11.3 Å². The molecule has 0 fully saturated rings. The second-order valence-electron chi connectivity index (χ2n) is 4.25. The lowest BCUT2D eigenvalue weighted by Crippen LogP contribution is -2.10. The van der Waals surface area contributed by atoms with Crippen LogP contribution in [0.15, 0.2) is 40.9 Å². The number of esters is 1. The molecule has 2 aromatic rings. The van der Waals surface area contributed by atoms with Gasteiger partial charge in [0, 0.05) is 17.1 Å². The normalized spacial score (nSPS) is 10.3. The molecule has 2 aromatic carbocycles. The predicted molar refractivity (Wildman–Crippen MR) is 79.2 cm³/mol. The standard InChI is InChI=1S/C15H12BrF2NO2/c1-21-15(20)11-5-3-2-4-9(11)8-19-14-12(16)6-10(17)7-13(14)18/h2-7,19H,8H2,1H3. The number of carbonyl (C=O) groups excluding carboxylic acids is 1. The summed E-state index contributed by atoms with van der Waals surface area (Å²) < 4.78 is 31.7. The van der Waals surface area contributed by atoms with E-state index in [0.717, 1.165) is 12.1 Å². The molecular weight excluding hydrogens is 344 g/mol. The van der Waals surface area contributed by atoms with Crippen LogP contribution in [0.2, 0.25) is 0 Å². The monoisotopic (exact) mass is 355 g/mol. The highest BCUT2D eigenvalue weighted by Crippen LogP contribution is 2.27. The van der Waals surface area contributed by atoms with Gasteiger partial charge in [0.1, 0.15) is 11.6 Å². The predicted octanol–water partition coefficient (Wildman–Crippen LogP) is 4.13. The van der Waals surface area contributed by atoms with E-state index in [4.69, 9.17) is 4.74 Å². The van der Waals surface area contributed by atoms with Gasteiger partial charge in [0.2, 0.25) is 0 Å². The smallest absolute Gasteiger partial charge is 0.338 e. The summed E-state index contributed by atoms with van der Waals surface area (Å²) in [5.74, 6) is -1.84. The van der Waals surface area contributed by atoms with E-state index in [-0.39, 0.29) is 16.7 Å². The van der Waals surface area contributed by atoms with E-state index in [1.165, 1.54) is 7.11 Å². The van der Waals surface area contributed by atoms with Gasteiger partial charge in [0.25, 0.3) is 0 Å². The van der Waals surface area contributed by atoms with Crippen LogP contribution in [0.1, 0.15) is 15.9 Å². The summed E-state index contributed by atoms with van der Waals surface area (Å²) in [6.07, 6.45) is 0. The van der Waals surface area contributed by atoms with E-state index < -0.39 is 17.6 Å². The van der Waals surface area contributed by atoms with Crippen LogP contribution in [0.25, 0.3) is 0 Å². The average molecular weight is 356 g/mol. The number of halogens is 3. The van der Waals surface area contributed by atoms with Crippen LogP contribution in [0.5, 0.6) is 0 Å². The number of hydrogen-bond donors (Lipinski definition) is 1. The summed E-state index contributed by atoms with van der Waals surface area (Å²) in [4.78, 5) is 11.6. The maximum absolute atomic E-state index is 13.7. The molecule has 6 heteroatoms. The van der Waals surface area contributed by atoms with Gasteiger partial charge in [-0.2, -0.15) is 0 Å². The minimum atomic E-state index is -0.711. The number of hydrogen-bond acceptors (Lipinski definition) is 3. The highest BCUT2D eigenvalue weighted by molar-refractivity contribution is 9.10. The third-order valence-electron chi connectivity index (χ3n) is 2.89. The van der Waals surface area contributed by atoms with Crippen molar-refractivity contribution in [2.45, 2.75) is 6.54 Å². The van der Waals surface area contributed by atoms with Gasteiger partial charge in [-0.15, -0.1) is 0 Å². The van der Waals surface area contributed by atoms with Crippen LogP contribution >= 0.6 is 15.9 Å². The van der Waals surface area contributed by atoms with Crippen LogP contribution in [0, 0.1) is 11.6 Å². The van der Waals surface area contributed by atoms with Crippen molar-refractivity contribution in [1.82, 2.24) is 0 Å². The molecule has 0 heterocycles. The minimum absolute atomic E-state index is 0.135. The molecule has 0 bridgehead atoms. The first kappa shape index (κ1) is 15.4. The summed E-state index contributed by atoms with van der Waals surface area (Å²) in [5.41, 5.74) is 1.18. The van der Waals surface area contributed by atoms with E-state index in [1.54, 1.807) is 24.3 Å². The van der Waals surface area contributed by atoms with E-state index in [0.29, 0.717) is 11.1 Å². The van der Waals surface area contributed by atoms with E-state index in [2.05, 4.69) is 21.2 Å². The van der Waals surface area contributed by atoms with Gasteiger partial charge >= 0.3 is 5.97 Å². The van der Waals surface area contributed by atoms with Crippen LogP contribution in [0.3, 0.4) is 0 Å². The Morgan fingerprint density at radius 2 is 2.00 bits per heavy atom. The largest absolute Gasteiger partial charge is 0.465 e. The molecule has 0 amide bonds. The summed E-state index contributed by atoms with van der Waals surface area (Å²) in [6.45, 7) is 0.201. The lowest BCUT2D eigenvalue weighted by molar-refractivity contribution is 0.0599. The lowest BCUT2D eigenvalue weighted by atomic mass is 10.1. The van der Waals surface area contributed by atoms with Crippen molar-refractivity contribution >= 4 is 27.6 Å². The number of methoxy groups -OCH3 is 1. The Hall–Kier alpha value is -1.95. The van der Waals surface area contributed by atoms with Crippen molar-refractivity contribution in [3.05, 3.63) is 63.6 Å². The van der Waals surface area contributed by atoms with Gasteiger partial charge in [0.15, 0.2) is 0 Å². The molecule has 0 aromatic heterocycles. The average Bonchev–Trinajstić information content (AvgIpc) is 2.45. The number of nitrogens with one attached hydrogen (secondary N) is 1. The lowest BCUT2D eigenvalue weighted by Gasteiger charge is -2.12. The highest BCUT2D eigenvalue weighted by atomic mass is 79.9. The maximum atomic E-state index is 13.7. The molecule has 0 aliphatic heterocycles. The zero-order valence-electron chi connectivity index (χ0n) is 11.1. The summed E-state index contributed by atoms with van der Waals surface area (Å²) in [7, 11) is 1.29. The molecule has 21 heavy (non-hydrogen) atoms. The number of ether oxygens (including phenoxy) is 1. The van der Waals surface area contributed by atoms with E-state index >= 15 is 0 Å².